The van der Waals surface area contributed by atoms with Crippen LogP contribution >= 0.6 is 11.6 Å². The molecule has 2 rings (SSSR count). The molecule has 0 aliphatic rings. The van der Waals surface area contributed by atoms with Crippen molar-refractivity contribution in [2.24, 2.45) is 21.7 Å². The summed E-state index contributed by atoms with van der Waals surface area (Å²) in [7, 11) is 0. The van der Waals surface area contributed by atoms with Crippen LogP contribution in [-0.2, 0) is 6.61 Å². The van der Waals surface area contributed by atoms with Crippen LogP contribution in [0, 0.1) is 6.92 Å². The fourth-order valence-corrected chi connectivity index (χ4v) is 1.74. The molecule has 0 amide bonds. The third kappa shape index (κ3) is 4.38. The Kier molecular flexibility index (Phi) is 5.21. The lowest BCUT2D eigenvalue weighted by Gasteiger charge is -2.05. The number of aromatic nitrogens is 3. The number of ether oxygens (including phenoxy) is 1. The average Bonchev–Trinajstić information content (AvgIpc) is 2.48. The molecule has 1 heterocycles. The van der Waals surface area contributed by atoms with Crippen molar-refractivity contribution < 1.29 is 4.74 Å². The average molecular weight is 320 g/mol. The lowest BCUT2D eigenvalue weighted by atomic mass is 10.2. The number of aliphatic imine (C=N–C) groups is 1. The molecule has 0 atom stereocenters. The highest BCUT2D eigenvalue weighted by molar-refractivity contribution is 6.30. The maximum atomic E-state index is 5.91. The molecule has 8 nitrogen and oxygen atoms in total. The number of amidine groups is 1. The molecule has 0 spiro atoms. The molecule has 0 bridgehead atoms. The van der Waals surface area contributed by atoms with Crippen LogP contribution in [0.2, 0.25) is 5.02 Å². The molecule has 0 aliphatic heterocycles. The summed E-state index contributed by atoms with van der Waals surface area (Å²) in [4.78, 5) is 8.16. The van der Waals surface area contributed by atoms with Crippen molar-refractivity contribution in [2.45, 2.75) is 13.5 Å². The summed E-state index contributed by atoms with van der Waals surface area (Å²) in [5, 5.41) is 11.7. The summed E-state index contributed by atoms with van der Waals surface area (Å²) >= 11 is 5.91. The first kappa shape index (κ1) is 15.6. The standard InChI is InChI=1S/C13H14ClN7O/c1-8-12(18-11(15)6-17-16)19-13(21-20-8)22-7-9-3-2-4-10(14)5-9/h2-6H,7,16H2,1H3,(H2,15,18,19,21)/b17-6-. The highest BCUT2D eigenvalue weighted by Gasteiger charge is 2.07. The first-order valence-corrected chi connectivity index (χ1v) is 6.62. The Bertz CT molecular complexity index is 717. The van der Waals surface area contributed by atoms with Crippen molar-refractivity contribution >= 4 is 29.5 Å². The predicted octanol–water partition coefficient (Wildman–Crippen LogP) is 1.35. The first-order valence-electron chi connectivity index (χ1n) is 6.24. The largest absolute Gasteiger partial charge is 0.457 e. The quantitative estimate of drug-likeness (QED) is 0.371. The number of aryl methyl sites for hydroxylation is 1. The molecule has 0 aliphatic carbocycles. The molecule has 1 aromatic heterocycles. The lowest BCUT2D eigenvalue weighted by molar-refractivity contribution is 0.276. The third-order valence-corrected chi connectivity index (χ3v) is 2.74. The van der Waals surface area contributed by atoms with E-state index in [1.807, 2.05) is 12.1 Å². The Hall–Kier alpha value is -2.74. The zero-order valence-electron chi connectivity index (χ0n) is 11.8. The number of nitrogens with zero attached hydrogens (tertiary/aromatic N) is 5. The Morgan fingerprint density at radius 1 is 1.41 bits per heavy atom. The summed E-state index contributed by atoms with van der Waals surface area (Å²) in [5.41, 5.74) is 6.98. The van der Waals surface area contributed by atoms with Crippen molar-refractivity contribution in [3.8, 4) is 6.01 Å². The Morgan fingerprint density at radius 2 is 2.23 bits per heavy atom. The number of hydrogen-bond donors (Lipinski definition) is 2. The number of halogens is 1. The van der Waals surface area contributed by atoms with Crippen LogP contribution in [0.5, 0.6) is 6.01 Å². The molecule has 4 N–H and O–H groups in total. The highest BCUT2D eigenvalue weighted by atomic mass is 35.5. The van der Waals surface area contributed by atoms with Crippen LogP contribution in [0.4, 0.5) is 5.82 Å². The zero-order chi connectivity index (χ0) is 15.9. The minimum atomic E-state index is 0.0850. The van der Waals surface area contributed by atoms with Crippen molar-refractivity contribution in [3.05, 3.63) is 40.5 Å². The van der Waals surface area contributed by atoms with E-state index in [-0.39, 0.29) is 24.3 Å². The number of hydrazone groups is 1. The molecule has 9 heteroatoms. The zero-order valence-corrected chi connectivity index (χ0v) is 12.5. The van der Waals surface area contributed by atoms with Gasteiger partial charge in [0.15, 0.2) is 5.82 Å². The molecule has 0 radical (unpaired) electrons. The minimum Gasteiger partial charge on any atom is -0.457 e. The predicted molar refractivity (Wildman–Crippen MR) is 84.3 cm³/mol. The van der Waals surface area contributed by atoms with E-state index in [0.717, 1.165) is 5.56 Å². The van der Waals surface area contributed by atoms with Gasteiger partial charge in [0.05, 0.1) is 6.21 Å². The molecule has 0 saturated carbocycles. The molecule has 114 valence electrons. The van der Waals surface area contributed by atoms with Crippen LogP contribution < -0.4 is 16.3 Å². The summed E-state index contributed by atoms with van der Waals surface area (Å²) in [6, 6.07) is 7.36. The Labute approximate surface area is 131 Å². The fraction of sp³-hybridized carbons (Fsp3) is 0.154. The van der Waals surface area contributed by atoms with E-state index < -0.39 is 0 Å². The molecular formula is C13H14ClN7O. The van der Waals surface area contributed by atoms with Crippen molar-refractivity contribution in [3.63, 3.8) is 0 Å². The second-order valence-corrected chi connectivity index (χ2v) is 4.67. The van der Waals surface area contributed by atoms with Gasteiger partial charge in [-0.25, -0.2) is 4.99 Å². The summed E-state index contributed by atoms with van der Waals surface area (Å²) < 4.78 is 5.47. The van der Waals surface area contributed by atoms with Gasteiger partial charge in [0.2, 0.25) is 0 Å². The molecule has 1 aromatic carbocycles. The van der Waals surface area contributed by atoms with Gasteiger partial charge in [0, 0.05) is 5.02 Å². The second kappa shape index (κ2) is 7.32. The van der Waals surface area contributed by atoms with Gasteiger partial charge < -0.3 is 16.3 Å². The van der Waals surface area contributed by atoms with Crippen LogP contribution in [0.15, 0.2) is 34.4 Å². The Balaban J connectivity index is 2.14. The van der Waals surface area contributed by atoms with Crippen LogP contribution in [0.1, 0.15) is 11.3 Å². The highest BCUT2D eigenvalue weighted by Crippen LogP contribution is 2.16. The minimum absolute atomic E-state index is 0.0850. The maximum absolute atomic E-state index is 5.91. The normalized spacial score (nSPS) is 11.8. The maximum Gasteiger partial charge on any atom is 0.338 e. The van der Waals surface area contributed by atoms with E-state index in [4.69, 9.17) is 27.9 Å². The van der Waals surface area contributed by atoms with Gasteiger partial charge in [-0.3, -0.25) is 0 Å². The smallest absolute Gasteiger partial charge is 0.338 e. The van der Waals surface area contributed by atoms with Gasteiger partial charge in [-0.2, -0.15) is 10.1 Å². The van der Waals surface area contributed by atoms with Gasteiger partial charge in [-0.05, 0) is 24.6 Å². The number of nitrogens with two attached hydrogens (primary N) is 2. The number of rotatable bonds is 5. The van der Waals surface area contributed by atoms with Crippen LogP contribution in [-0.4, -0.2) is 27.2 Å². The lowest BCUT2D eigenvalue weighted by Crippen LogP contribution is -2.14. The monoisotopic (exact) mass is 319 g/mol. The number of hydrogen-bond acceptors (Lipinski definition) is 7. The van der Waals surface area contributed by atoms with Crippen LogP contribution in [0.25, 0.3) is 0 Å². The SMILES string of the molecule is Cc1nnc(OCc2cccc(Cl)c2)nc1/N=C(N)/C=N\N. The topological polar surface area (TPSA) is 125 Å². The van der Waals surface area contributed by atoms with E-state index in [9.17, 15) is 0 Å². The Morgan fingerprint density at radius 3 is 2.95 bits per heavy atom. The summed E-state index contributed by atoms with van der Waals surface area (Å²) in [5.74, 6) is 5.39. The molecule has 22 heavy (non-hydrogen) atoms. The van der Waals surface area contributed by atoms with Gasteiger partial charge in [0.1, 0.15) is 18.1 Å². The van der Waals surface area contributed by atoms with E-state index in [1.54, 1.807) is 19.1 Å². The van der Waals surface area contributed by atoms with Gasteiger partial charge in [-0.1, -0.05) is 28.8 Å². The first-order chi connectivity index (χ1) is 10.6. The van der Waals surface area contributed by atoms with Gasteiger partial charge >= 0.3 is 6.01 Å². The van der Waals surface area contributed by atoms with E-state index in [2.05, 4.69) is 25.3 Å². The van der Waals surface area contributed by atoms with E-state index in [0.29, 0.717) is 10.7 Å². The third-order valence-electron chi connectivity index (χ3n) is 2.51. The van der Waals surface area contributed by atoms with Gasteiger partial charge in [-0.15, -0.1) is 5.10 Å². The van der Waals surface area contributed by atoms with Gasteiger partial charge in [0.25, 0.3) is 0 Å². The van der Waals surface area contributed by atoms with Crippen LogP contribution in [0.3, 0.4) is 0 Å². The second-order valence-electron chi connectivity index (χ2n) is 4.24. The van der Waals surface area contributed by atoms with Crippen molar-refractivity contribution in [2.75, 3.05) is 0 Å². The summed E-state index contributed by atoms with van der Waals surface area (Å²) in [6.45, 7) is 1.96. The van der Waals surface area contributed by atoms with E-state index >= 15 is 0 Å². The molecule has 0 saturated heterocycles. The molecule has 0 unspecified atom stereocenters. The summed E-state index contributed by atoms with van der Waals surface area (Å²) in [6.07, 6.45) is 1.20. The fourth-order valence-electron chi connectivity index (χ4n) is 1.53. The molecule has 2 aromatic rings. The van der Waals surface area contributed by atoms with Crippen molar-refractivity contribution in [1.82, 2.24) is 15.2 Å². The number of benzene rings is 1. The molecule has 0 fully saturated rings. The molecular weight excluding hydrogens is 306 g/mol. The van der Waals surface area contributed by atoms with E-state index in [1.165, 1.54) is 6.21 Å². The van der Waals surface area contributed by atoms with Crippen molar-refractivity contribution in [1.29, 1.82) is 0 Å².